The van der Waals surface area contributed by atoms with Gasteiger partial charge in [-0.3, -0.25) is 4.40 Å². The van der Waals surface area contributed by atoms with E-state index in [9.17, 15) is 57.5 Å². The van der Waals surface area contributed by atoms with Gasteiger partial charge in [0.15, 0.2) is 5.82 Å². The Labute approximate surface area is 316 Å². The third-order valence-electron chi connectivity index (χ3n) is 6.92. The number of pyridine rings is 1. The highest BCUT2D eigenvalue weighted by atomic mass is 19.4. The molecule has 0 saturated carbocycles. The van der Waals surface area contributed by atoms with E-state index in [1.165, 1.54) is 0 Å². The number of nitrogens with one attached hydrogen (secondary N) is 2. The number of hydrogen-bond donors (Lipinski definition) is 6. The average Bonchev–Trinajstić information content (AvgIpc) is 3.54. The molecule has 4 heterocycles. The van der Waals surface area contributed by atoms with Crippen LogP contribution < -0.4 is 21.3 Å². The summed E-state index contributed by atoms with van der Waals surface area (Å²) in [5, 5.41) is 34.4. The van der Waals surface area contributed by atoms with Gasteiger partial charge in [-0.15, -0.1) is 10.2 Å². The summed E-state index contributed by atoms with van der Waals surface area (Å²) in [4.78, 5) is 45.2. The highest BCUT2D eigenvalue weighted by Gasteiger charge is 2.39. The molecule has 0 unspecified atom stereocenters. The third-order valence-corrected chi connectivity index (χ3v) is 6.92. The summed E-state index contributed by atoms with van der Waals surface area (Å²) in [6, 6.07) is 13.8. The van der Waals surface area contributed by atoms with Crippen LogP contribution in [0.3, 0.4) is 0 Å². The fraction of sp³-hybridized carbons (Fsp3) is 0.323. The summed E-state index contributed by atoms with van der Waals surface area (Å²) in [5.41, 5.74) is 10.1. The molecule has 0 bridgehead atoms. The molecule has 5 rings (SSSR count). The maximum atomic E-state index is 12.3. The third kappa shape index (κ3) is 16.0. The van der Waals surface area contributed by atoms with Gasteiger partial charge in [-0.05, 0) is 49.2 Å². The number of amides is 2. The molecule has 1 fully saturated rings. The van der Waals surface area contributed by atoms with Crippen molar-refractivity contribution in [1.82, 2.24) is 24.9 Å². The fourth-order valence-electron chi connectivity index (χ4n) is 4.24. The average molecular weight is 853 g/mol. The number of alkyl halides is 12. The fourth-order valence-corrected chi connectivity index (χ4v) is 4.24. The normalized spacial score (nSPS) is 13.4. The molecule has 15 nitrogen and oxygen atoms in total. The molecule has 7 N–H and O–H groups in total. The molecule has 0 atom stereocenters. The van der Waals surface area contributed by atoms with Crippen LogP contribution in [0.25, 0.3) is 28.2 Å². The number of benzene rings is 1. The number of carbonyl (C=O) groups excluding carboxylic acids is 1. The Morgan fingerprint density at radius 3 is 1.74 bits per heavy atom. The minimum Gasteiger partial charge on any atom is -0.475 e. The van der Waals surface area contributed by atoms with Crippen molar-refractivity contribution in [2.45, 2.75) is 43.6 Å². The molecule has 0 spiro atoms. The van der Waals surface area contributed by atoms with Crippen LogP contribution in [0, 0.1) is 0 Å². The molecule has 1 aliphatic heterocycles. The van der Waals surface area contributed by atoms with Gasteiger partial charge in [0.25, 0.3) is 0 Å². The highest BCUT2D eigenvalue weighted by molar-refractivity contribution is 5.90. The number of piperidine rings is 1. The summed E-state index contributed by atoms with van der Waals surface area (Å²) < 4.78 is 134. The van der Waals surface area contributed by atoms with Crippen molar-refractivity contribution in [3.05, 3.63) is 60.9 Å². The molecular weight excluding hydrogens is 824 g/mol. The maximum absolute atomic E-state index is 12.3. The highest BCUT2D eigenvalue weighted by Crippen LogP contribution is 2.27. The number of urea groups is 1. The Kier molecular flexibility index (Phi) is 16.2. The quantitative estimate of drug-likeness (QED) is 0.128. The lowest BCUT2D eigenvalue weighted by Crippen LogP contribution is -2.40. The molecule has 318 valence electrons. The van der Waals surface area contributed by atoms with Crippen LogP contribution >= 0.6 is 0 Å². The van der Waals surface area contributed by atoms with Gasteiger partial charge in [-0.25, -0.2) is 24.2 Å². The summed E-state index contributed by atoms with van der Waals surface area (Å²) in [5.74, 6) is -7.44. The molecule has 1 aliphatic rings. The lowest BCUT2D eigenvalue weighted by molar-refractivity contribution is -0.193. The first-order chi connectivity index (χ1) is 26.6. The SMILES string of the molecule is NC1CCN(c2ccc(-c3ccn4c(-c5cccc(NC(=O)NCC(F)(F)F)c5)cnc4c3)nn2)CC1.O=C(O)C(F)(F)F.O=C(O)C(F)(F)F.O=C(O)C(F)(F)F. The minimum absolute atomic E-state index is 0.246. The van der Waals surface area contributed by atoms with Crippen molar-refractivity contribution >= 4 is 41.1 Å². The number of anilines is 2. The Morgan fingerprint density at radius 2 is 1.28 bits per heavy atom. The first-order valence-electron chi connectivity index (χ1n) is 15.5. The van der Waals surface area contributed by atoms with E-state index in [1.54, 1.807) is 29.7 Å². The van der Waals surface area contributed by atoms with Crippen molar-refractivity contribution < 1.29 is 87.2 Å². The van der Waals surface area contributed by atoms with Gasteiger partial charge in [0, 0.05) is 42.1 Å². The van der Waals surface area contributed by atoms with E-state index in [4.69, 9.17) is 35.4 Å². The summed E-state index contributed by atoms with van der Waals surface area (Å²) in [6.45, 7) is 0.327. The van der Waals surface area contributed by atoms with E-state index < -0.39 is 55.2 Å². The second kappa shape index (κ2) is 19.6. The topological polar surface area (TPSA) is 225 Å². The number of nitrogens with two attached hydrogens (primary N) is 1. The predicted molar refractivity (Wildman–Crippen MR) is 175 cm³/mol. The number of aromatic nitrogens is 4. The number of nitrogens with zero attached hydrogens (tertiary/aromatic N) is 5. The van der Waals surface area contributed by atoms with Crippen molar-refractivity contribution in [2.75, 3.05) is 29.9 Å². The van der Waals surface area contributed by atoms with Crippen molar-refractivity contribution in [1.29, 1.82) is 0 Å². The molecule has 2 amide bonds. The number of halogens is 12. The van der Waals surface area contributed by atoms with E-state index in [0.29, 0.717) is 11.3 Å². The Balaban J connectivity index is 0.000000453. The second-order valence-electron chi connectivity index (χ2n) is 11.3. The molecule has 3 aromatic heterocycles. The zero-order chi connectivity index (χ0) is 44.2. The molecule has 1 saturated heterocycles. The van der Waals surface area contributed by atoms with Crippen molar-refractivity contribution in [3.8, 4) is 22.5 Å². The molecule has 58 heavy (non-hydrogen) atoms. The van der Waals surface area contributed by atoms with Gasteiger partial charge in [0.2, 0.25) is 0 Å². The molecule has 27 heteroatoms. The van der Waals surface area contributed by atoms with Crippen LogP contribution in [0.5, 0.6) is 0 Å². The van der Waals surface area contributed by atoms with Gasteiger partial charge in [0.1, 0.15) is 12.2 Å². The van der Waals surface area contributed by atoms with Gasteiger partial charge in [-0.1, -0.05) is 12.1 Å². The largest absolute Gasteiger partial charge is 0.490 e. The Morgan fingerprint density at radius 1 is 0.741 bits per heavy atom. The van der Waals surface area contributed by atoms with Crippen LogP contribution in [-0.4, -0.2) is 109 Å². The summed E-state index contributed by atoms with van der Waals surface area (Å²) in [7, 11) is 0. The predicted octanol–water partition coefficient (Wildman–Crippen LogP) is 5.97. The molecule has 0 radical (unpaired) electrons. The zero-order valence-electron chi connectivity index (χ0n) is 28.7. The second-order valence-corrected chi connectivity index (χ2v) is 11.3. The zero-order valence-corrected chi connectivity index (χ0v) is 28.7. The van der Waals surface area contributed by atoms with Crippen molar-refractivity contribution in [3.63, 3.8) is 0 Å². The molecule has 4 aromatic rings. The standard InChI is InChI=1S/C25H25F3N8O.3C2HF3O2/c26-25(27,28)15-31-24(37)32-19-3-1-2-17(12-19)21-14-30-23-13-16(6-11-36(21)23)20-4-5-22(34-33-20)35-9-7-18(29)8-10-35;3*3-2(4,5)1(6)7/h1-6,11-14,18H,7-10,15,29H2,(H2,31,32,37);3*(H,6,7). The van der Waals surface area contributed by atoms with Crippen LogP contribution in [0.2, 0.25) is 0 Å². The van der Waals surface area contributed by atoms with E-state index in [2.05, 4.69) is 25.4 Å². The van der Waals surface area contributed by atoms with Gasteiger partial charge < -0.3 is 36.6 Å². The number of hydrogen-bond acceptors (Lipinski definition) is 9. The first-order valence-corrected chi connectivity index (χ1v) is 15.5. The number of carbonyl (C=O) groups is 4. The van der Waals surface area contributed by atoms with Crippen LogP contribution in [0.15, 0.2) is 60.9 Å². The van der Waals surface area contributed by atoms with Gasteiger partial charge in [-0.2, -0.15) is 52.7 Å². The van der Waals surface area contributed by atoms with E-state index in [0.717, 1.165) is 54.3 Å². The monoisotopic (exact) mass is 852 g/mol. The number of fused-ring (bicyclic) bond motifs is 1. The number of rotatable bonds is 5. The summed E-state index contributed by atoms with van der Waals surface area (Å²) >= 11 is 0. The smallest absolute Gasteiger partial charge is 0.475 e. The Hall–Kier alpha value is -6.41. The Bertz CT molecular complexity index is 1950. The lowest BCUT2D eigenvalue weighted by atomic mass is 10.1. The van der Waals surface area contributed by atoms with Gasteiger partial charge >= 0.3 is 48.6 Å². The molecule has 1 aromatic carbocycles. The van der Waals surface area contributed by atoms with Crippen LogP contribution in [0.4, 0.5) is 69.0 Å². The number of carboxylic acids is 3. The van der Waals surface area contributed by atoms with Crippen LogP contribution in [0.1, 0.15) is 12.8 Å². The maximum Gasteiger partial charge on any atom is 0.490 e. The summed E-state index contributed by atoms with van der Waals surface area (Å²) in [6.07, 6.45) is -14.3. The lowest BCUT2D eigenvalue weighted by Gasteiger charge is -2.30. The first kappa shape index (κ1) is 47.7. The van der Waals surface area contributed by atoms with E-state index >= 15 is 0 Å². The van der Waals surface area contributed by atoms with Gasteiger partial charge in [0.05, 0.1) is 17.6 Å². The number of carboxylic acid groups (broad SMARTS) is 3. The number of imidazole rings is 1. The number of aliphatic carboxylic acids is 3. The van der Waals surface area contributed by atoms with Crippen LogP contribution in [-0.2, 0) is 14.4 Å². The van der Waals surface area contributed by atoms with E-state index in [-0.39, 0.29) is 6.04 Å². The molecule has 0 aliphatic carbocycles. The molecular formula is C31H28F12N8O7. The minimum atomic E-state index is -5.08. The van der Waals surface area contributed by atoms with E-state index in [1.807, 2.05) is 40.9 Å². The van der Waals surface area contributed by atoms with Crippen molar-refractivity contribution in [2.24, 2.45) is 5.73 Å².